The van der Waals surface area contributed by atoms with Gasteiger partial charge in [-0.1, -0.05) is 121 Å². The van der Waals surface area contributed by atoms with Gasteiger partial charge < -0.3 is 9.13 Å². The van der Waals surface area contributed by atoms with Gasteiger partial charge >= 0.3 is 0 Å². The second-order valence-corrected chi connectivity index (χ2v) is 11.7. The first-order chi connectivity index (χ1) is 21.8. The van der Waals surface area contributed by atoms with E-state index in [2.05, 4.69) is 167 Å². The molecule has 0 unspecified atom stereocenters. The summed E-state index contributed by atoms with van der Waals surface area (Å²) in [5.74, 6) is 0. The van der Waals surface area contributed by atoms with E-state index in [0.29, 0.717) is 0 Å². The van der Waals surface area contributed by atoms with Gasteiger partial charge in [0.15, 0.2) is 0 Å². The van der Waals surface area contributed by atoms with Crippen molar-refractivity contribution < 1.29 is 0 Å². The smallest absolute Gasteiger partial charge is 0.0638 e. The van der Waals surface area contributed by atoms with Crippen molar-refractivity contribution in [2.45, 2.75) is 12.8 Å². The quantitative estimate of drug-likeness (QED) is 0.202. The Morgan fingerprint density at radius 3 is 1.91 bits per heavy atom. The molecule has 0 atom stereocenters. The second kappa shape index (κ2) is 10.00. The predicted octanol–water partition coefficient (Wildman–Crippen LogP) is 11.3. The lowest BCUT2D eigenvalue weighted by Crippen LogP contribution is -2.01. The molecule has 208 valence electrons. The van der Waals surface area contributed by atoms with Crippen molar-refractivity contribution >= 4 is 54.9 Å². The van der Waals surface area contributed by atoms with Gasteiger partial charge in [0, 0.05) is 32.9 Å². The van der Waals surface area contributed by atoms with E-state index in [-0.39, 0.29) is 0 Å². The molecule has 0 saturated carbocycles. The fraction of sp³-hybridized carbons (Fsp3) is 0.0476. The van der Waals surface area contributed by atoms with Crippen molar-refractivity contribution in [3.63, 3.8) is 0 Å². The molecule has 2 nitrogen and oxygen atoms in total. The molecule has 6 aromatic carbocycles. The number of nitrogens with zero attached hydrogens (tertiary/aromatic N) is 2. The number of allylic oxidation sites excluding steroid dienone is 4. The van der Waals surface area contributed by atoms with Gasteiger partial charge in [-0.25, -0.2) is 0 Å². The molecule has 0 amide bonds. The van der Waals surface area contributed by atoms with E-state index in [1.165, 1.54) is 77.3 Å². The average Bonchev–Trinajstić information content (AvgIpc) is 3.62. The van der Waals surface area contributed by atoms with Gasteiger partial charge in [-0.15, -0.1) is 0 Å². The monoisotopic (exact) mass is 562 g/mol. The molecule has 2 heteroatoms. The Kier molecular flexibility index (Phi) is 5.67. The summed E-state index contributed by atoms with van der Waals surface area (Å²) in [7, 11) is 0. The topological polar surface area (TPSA) is 9.86 Å². The summed E-state index contributed by atoms with van der Waals surface area (Å²) in [6.07, 6.45) is 6.81. The Hall–Kier alpha value is -5.60. The van der Waals surface area contributed by atoms with Crippen LogP contribution < -0.4 is 0 Å². The molecular formula is C42H30N2. The van der Waals surface area contributed by atoms with Crippen LogP contribution >= 0.6 is 0 Å². The van der Waals surface area contributed by atoms with Crippen LogP contribution in [0, 0.1) is 0 Å². The van der Waals surface area contributed by atoms with E-state index in [0.717, 1.165) is 12.8 Å². The van der Waals surface area contributed by atoms with Gasteiger partial charge in [-0.05, 0) is 71.5 Å². The number of benzene rings is 6. The van der Waals surface area contributed by atoms with Crippen LogP contribution in [-0.2, 0) is 0 Å². The second-order valence-electron chi connectivity index (χ2n) is 11.7. The molecular weight excluding hydrogens is 532 g/mol. The fourth-order valence-electron chi connectivity index (χ4n) is 7.23. The van der Waals surface area contributed by atoms with Gasteiger partial charge in [-0.2, -0.15) is 0 Å². The summed E-state index contributed by atoms with van der Waals surface area (Å²) in [5, 5.41) is 5.17. The van der Waals surface area contributed by atoms with Gasteiger partial charge in [0.2, 0.25) is 0 Å². The van der Waals surface area contributed by atoms with Crippen molar-refractivity contribution in [3.8, 4) is 16.8 Å². The molecule has 2 heterocycles. The highest BCUT2D eigenvalue weighted by molar-refractivity contribution is 6.26. The number of para-hydroxylation sites is 2. The van der Waals surface area contributed by atoms with E-state index in [1.807, 2.05) is 0 Å². The Morgan fingerprint density at radius 1 is 0.455 bits per heavy atom. The molecule has 44 heavy (non-hydrogen) atoms. The average molecular weight is 563 g/mol. The number of fused-ring (bicyclic) bond motifs is 7. The minimum Gasteiger partial charge on any atom is -0.312 e. The van der Waals surface area contributed by atoms with Gasteiger partial charge in [0.25, 0.3) is 0 Å². The van der Waals surface area contributed by atoms with Crippen LogP contribution in [0.4, 0.5) is 0 Å². The Morgan fingerprint density at radius 2 is 1.11 bits per heavy atom. The predicted molar refractivity (Wildman–Crippen MR) is 187 cm³/mol. The first kappa shape index (κ1) is 24.9. The number of rotatable bonds is 4. The molecule has 0 radical (unpaired) electrons. The zero-order chi connectivity index (χ0) is 29.0. The molecule has 1 aliphatic rings. The molecule has 9 rings (SSSR count). The van der Waals surface area contributed by atoms with Crippen LogP contribution in [0.2, 0.25) is 0 Å². The number of hydrogen-bond acceptors (Lipinski definition) is 0. The third kappa shape index (κ3) is 3.81. The summed E-state index contributed by atoms with van der Waals surface area (Å²) >= 11 is 0. The molecule has 0 spiro atoms. The lowest BCUT2D eigenvalue weighted by Gasteiger charge is -2.18. The van der Waals surface area contributed by atoms with Crippen LogP contribution in [0.25, 0.3) is 71.7 Å². The maximum absolute atomic E-state index is 2.56. The van der Waals surface area contributed by atoms with Crippen molar-refractivity contribution in [1.29, 1.82) is 0 Å². The van der Waals surface area contributed by atoms with Crippen molar-refractivity contribution in [1.82, 2.24) is 9.13 Å². The summed E-state index contributed by atoms with van der Waals surface area (Å²) < 4.78 is 5.00. The van der Waals surface area contributed by atoms with E-state index < -0.39 is 0 Å². The van der Waals surface area contributed by atoms with Crippen LogP contribution in [0.15, 0.2) is 158 Å². The number of aromatic nitrogens is 2. The van der Waals surface area contributed by atoms with E-state index in [1.54, 1.807) is 0 Å². The number of hydrogen-bond donors (Lipinski definition) is 0. The maximum atomic E-state index is 2.56. The van der Waals surface area contributed by atoms with Crippen LogP contribution in [0.5, 0.6) is 0 Å². The molecule has 0 aliphatic heterocycles. The minimum atomic E-state index is 0.998. The maximum Gasteiger partial charge on any atom is 0.0638 e. The van der Waals surface area contributed by atoms with Gasteiger partial charge in [0.1, 0.15) is 0 Å². The van der Waals surface area contributed by atoms with Crippen molar-refractivity contribution in [2.24, 2.45) is 0 Å². The highest BCUT2D eigenvalue weighted by atomic mass is 15.0. The largest absolute Gasteiger partial charge is 0.312 e. The first-order valence-electron chi connectivity index (χ1n) is 15.4. The lowest BCUT2D eigenvalue weighted by molar-refractivity contribution is 0.984. The lowest BCUT2D eigenvalue weighted by atomic mass is 9.97. The summed E-state index contributed by atoms with van der Waals surface area (Å²) in [5.41, 5.74) is 12.5. The van der Waals surface area contributed by atoms with Crippen LogP contribution in [0.1, 0.15) is 18.4 Å². The van der Waals surface area contributed by atoms with Gasteiger partial charge in [0.05, 0.1) is 22.1 Å². The summed E-state index contributed by atoms with van der Waals surface area (Å²) in [4.78, 5) is 0. The van der Waals surface area contributed by atoms with Crippen molar-refractivity contribution in [2.75, 3.05) is 0 Å². The highest BCUT2D eigenvalue weighted by Gasteiger charge is 2.22. The SMILES string of the molecule is C1=C(c2ccccc2)C=C(n2c3ccccc3c3ccc4c(c5ccccc5n4-c4cccc(-c5ccccc5)c4)c32)CC1. The third-order valence-corrected chi connectivity index (χ3v) is 9.16. The summed E-state index contributed by atoms with van der Waals surface area (Å²) in [6, 6.07) is 52.8. The van der Waals surface area contributed by atoms with E-state index in [4.69, 9.17) is 0 Å². The molecule has 0 N–H and O–H groups in total. The molecule has 1 aliphatic carbocycles. The first-order valence-corrected chi connectivity index (χ1v) is 15.4. The standard InChI is InChI=1S/C42H30N2/c1-3-13-29(14-4-1)31-17-11-19-33(27-31)43-39-24-10-8-22-37(39)41-40(43)26-25-36-35-21-7-9-23-38(35)44(42(36)41)34-20-12-18-32(28-34)30-15-5-2-6-16-30/h1-11,13-19,21-28H,12,20H2. The Labute approximate surface area is 256 Å². The Balaban J connectivity index is 1.37. The van der Waals surface area contributed by atoms with Crippen LogP contribution in [-0.4, -0.2) is 9.13 Å². The van der Waals surface area contributed by atoms with E-state index >= 15 is 0 Å². The zero-order valence-corrected chi connectivity index (χ0v) is 24.3. The molecule has 0 saturated heterocycles. The van der Waals surface area contributed by atoms with Crippen molar-refractivity contribution in [3.05, 3.63) is 163 Å². The Bertz CT molecular complexity index is 2420. The molecule has 2 aromatic heterocycles. The molecule has 0 fully saturated rings. The van der Waals surface area contributed by atoms with E-state index in [9.17, 15) is 0 Å². The fourth-order valence-corrected chi connectivity index (χ4v) is 7.23. The highest BCUT2D eigenvalue weighted by Crippen LogP contribution is 2.43. The summed E-state index contributed by atoms with van der Waals surface area (Å²) in [6.45, 7) is 0. The minimum absolute atomic E-state index is 0.998. The molecule has 8 aromatic rings. The van der Waals surface area contributed by atoms with Gasteiger partial charge in [-0.3, -0.25) is 0 Å². The normalized spacial score (nSPS) is 13.5. The molecule has 0 bridgehead atoms. The van der Waals surface area contributed by atoms with Crippen LogP contribution in [0.3, 0.4) is 0 Å². The third-order valence-electron chi connectivity index (χ3n) is 9.16. The zero-order valence-electron chi connectivity index (χ0n) is 24.3.